The van der Waals surface area contributed by atoms with E-state index in [0.717, 1.165) is 4.47 Å². The van der Waals surface area contributed by atoms with Crippen LogP contribution in [0.25, 0.3) is 0 Å². The van der Waals surface area contributed by atoms with Gasteiger partial charge >= 0.3 is 0 Å². The number of hydrazine groups is 1. The Kier molecular flexibility index (Phi) is 6.17. The molecule has 2 rings (SSSR count). The smallest absolute Gasteiger partial charge is 0.269 e. The van der Waals surface area contributed by atoms with Gasteiger partial charge in [-0.05, 0) is 38.1 Å². The summed E-state index contributed by atoms with van der Waals surface area (Å²) in [6, 6.07) is 7.04. The molecule has 2 aromatic rings. The first-order chi connectivity index (χ1) is 11.0. The van der Waals surface area contributed by atoms with Crippen LogP contribution in [0.1, 0.15) is 30.2 Å². The molecular weight excluding hydrogens is 382 g/mol. The summed E-state index contributed by atoms with van der Waals surface area (Å²) in [4.78, 5) is 23.7. The zero-order valence-electron chi connectivity index (χ0n) is 12.6. The van der Waals surface area contributed by atoms with Crippen LogP contribution in [0.2, 0.25) is 0 Å². The third-order valence-corrected chi connectivity index (χ3v) is 4.34. The van der Waals surface area contributed by atoms with Gasteiger partial charge in [0.05, 0.1) is 5.75 Å². The number of nitrogens with one attached hydrogen (secondary N) is 2. The third kappa shape index (κ3) is 5.07. The lowest BCUT2D eigenvalue weighted by Gasteiger charge is -2.10. The fourth-order valence-corrected chi connectivity index (χ4v) is 2.76. The molecule has 0 unspecified atom stereocenters. The summed E-state index contributed by atoms with van der Waals surface area (Å²) in [6.07, 6.45) is 1.63. The second-order valence-corrected chi connectivity index (χ2v) is 6.77. The van der Waals surface area contributed by atoms with E-state index in [-0.39, 0.29) is 23.6 Å². The summed E-state index contributed by atoms with van der Waals surface area (Å²) in [5.41, 5.74) is 5.21. The van der Waals surface area contributed by atoms with Crippen LogP contribution in [-0.4, -0.2) is 32.3 Å². The molecule has 122 valence electrons. The Morgan fingerprint density at radius 3 is 2.61 bits per heavy atom. The number of aromatic nitrogens is 3. The van der Waals surface area contributed by atoms with Crippen molar-refractivity contribution in [3.63, 3.8) is 0 Å². The number of nitrogens with zero attached hydrogens (tertiary/aromatic N) is 3. The Hall–Kier alpha value is -1.87. The van der Waals surface area contributed by atoms with E-state index in [2.05, 4.69) is 37.0 Å². The fourth-order valence-electron chi connectivity index (χ4n) is 1.66. The minimum atomic E-state index is -0.374. The highest BCUT2D eigenvalue weighted by Crippen LogP contribution is 2.18. The van der Waals surface area contributed by atoms with Gasteiger partial charge in [-0.1, -0.05) is 27.7 Å². The van der Waals surface area contributed by atoms with Crippen LogP contribution in [0, 0.1) is 0 Å². The number of carbonyl (C=O) groups excluding carboxylic acids is 2. The van der Waals surface area contributed by atoms with Crippen molar-refractivity contribution in [1.29, 1.82) is 0 Å². The first kappa shape index (κ1) is 17.5. The van der Waals surface area contributed by atoms with E-state index in [9.17, 15) is 9.59 Å². The molecule has 0 saturated carbocycles. The molecule has 1 aromatic carbocycles. The van der Waals surface area contributed by atoms with Gasteiger partial charge in [-0.15, -0.1) is 10.2 Å². The zero-order valence-corrected chi connectivity index (χ0v) is 15.0. The van der Waals surface area contributed by atoms with Gasteiger partial charge in [-0.2, -0.15) is 0 Å². The molecule has 7 nitrogen and oxygen atoms in total. The highest BCUT2D eigenvalue weighted by Gasteiger charge is 2.11. The van der Waals surface area contributed by atoms with Crippen molar-refractivity contribution in [1.82, 2.24) is 25.6 Å². The summed E-state index contributed by atoms with van der Waals surface area (Å²) in [5.74, 6) is -0.563. The molecule has 2 amide bonds. The van der Waals surface area contributed by atoms with E-state index in [4.69, 9.17) is 0 Å². The molecule has 0 aliphatic heterocycles. The van der Waals surface area contributed by atoms with Gasteiger partial charge < -0.3 is 4.57 Å². The van der Waals surface area contributed by atoms with Crippen LogP contribution in [-0.2, 0) is 4.79 Å². The molecule has 23 heavy (non-hydrogen) atoms. The lowest BCUT2D eigenvalue weighted by Crippen LogP contribution is -2.42. The van der Waals surface area contributed by atoms with Crippen LogP contribution in [0.3, 0.4) is 0 Å². The van der Waals surface area contributed by atoms with Crippen molar-refractivity contribution in [2.24, 2.45) is 0 Å². The molecular formula is C14H16BrN5O2S. The van der Waals surface area contributed by atoms with Gasteiger partial charge in [0, 0.05) is 16.1 Å². The summed E-state index contributed by atoms with van der Waals surface area (Å²) in [7, 11) is 0. The van der Waals surface area contributed by atoms with Crippen LogP contribution >= 0.6 is 27.7 Å². The number of hydrogen-bond acceptors (Lipinski definition) is 5. The number of thioether (sulfide) groups is 1. The van der Waals surface area contributed by atoms with Crippen molar-refractivity contribution in [2.75, 3.05) is 5.75 Å². The van der Waals surface area contributed by atoms with Gasteiger partial charge in [0.15, 0.2) is 5.16 Å². The maximum Gasteiger partial charge on any atom is 0.269 e. The first-order valence-electron chi connectivity index (χ1n) is 6.84. The van der Waals surface area contributed by atoms with E-state index >= 15 is 0 Å². The minimum absolute atomic E-state index is 0.131. The van der Waals surface area contributed by atoms with Crippen LogP contribution in [0.4, 0.5) is 0 Å². The standard InChI is InChI=1S/C14H16BrN5O2S/c1-9(2)20-8-16-19-14(20)23-7-12(21)17-18-13(22)10-3-5-11(15)6-4-10/h3-6,8-9H,7H2,1-2H3,(H,17,21)(H,18,22). The molecule has 0 atom stereocenters. The fraction of sp³-hybridized carbons (Fsp3) is 0.286. The molecule has 2 N–H and O–H groups in total. The molecule has 0 radical (unpaired) electrons. The predicted molar refractivity (Wildman–Crippen MR) is 90.9 cm³/mol. The van der Waals surface area contributed by atoms with Crippen molar-refractivity contribution in [3.8, 4) is 0 Å². The summed E-state index contributed by atoms with van der Waals surface area (Å²) in [5, 5.41) is 8.46. The SMILES string of the molecule is CC(C)n1cnnc1SCC(=O)NNC(=O)c1ccc(Br)cc1. The Morgan fingerprint density at radius 1 is 1.26 bits per heavy atom. The second kappa shape index (κ2) is 8.11. The number of halogens is 1. The van der Waals surface area contributed by atoms with E-state index in [1.165, 1.54) is 11.8 Å². The largest absolute Gasteiger partial charge is 0.306 e. The minimum Gasteiger partial charge on any atom is -0.306 e. The summed E-state index contributed by atoms with van der Waals surface area (Å²) in [6.45, 7) is 4.01. The van der Waals surface area contributed by atoms with E-state index in [1.807, 2.05) is 18.4 Å². The summed E-state index contributed by atoms with van der Waals surface area (Å²) < 4.78 is 2.75. The van der Waals surface area contributed by atoms with Gasteiger partial charge in [-0.25, -0.2) is 0 Å². The average Bonchev–Trinajstić information content (AvgIpc) is 3.00. The molecule has 0 saturated heterocycles. The highest BCUT2D eigenvalue weighted by molar-refractivity contribution is 9.10. The number of benzene rings is 1. The lowest BCUT2D eigenvalue weighted by atomic mass is 10.2. The second-order valence-electron chi connectivity index (χ2n) is 4.91. The number of rotatable bonds is 5. The van der Waals surface area contributed by atoms with E-state index in [0.29, 0.717) is 10.7 Å². The van der Waals surface area contributed by atoms with Gasteiger partial charge in [0.25, 0.3) is 5.91 Å². The Bertz CT molecular complexity index is 687. The van der Waals surface area contributed by atoms with E-state index in [1.54, 1.807) is 30.6 Å². The number of hydrogen-bond donors (Lipinski definition) is 2. The number of carbonyl (C=O) groups is 2. The quantitative estimate of drug-likeness (QED) is 0.595. The average molecular weight is 398 g/mol. The van der Waals surface area contributed by atoms with Crippen molar-refractivity contribution < 1.29 is 9.59 Å². The third-order valence-electron chi connectivity index (χ3n) is 2.85. The highest BCUT2D eigenvalue weighted by atomic mass is 79.9. The molecule has 1 aromatic heterocycles. The van der Waals surface area contributed by atoms with Crippen molar-refractivity contribution in [2.45, 2.75) is 25.0 Å². The van der Waals surface area contributed by atoms with Gasteiger partial charge in [-0.3, -0.25) is 20.4 Å². The first-order valence-corrected chi connectivity index (χ1v) is 8.62. The lowest BCUT2D eigenvalue weighted by molar-refractivity contribution is -0.119. The molecule has 9 heteroatoms. The Balaban J connectivity index is 1.80. The number of amides is 2. The molecule has 0 bridgehead atoms. The predicted octanol–water partition coefficient (Wildman–Crippen LogP) is 2.17. The molecule has 0 aliphatic carbocycles. The zero-order chi connectivity index (χ0) is 16.8. The Labute approximate surface area is 146 Å². The van der Waals surface area contributed by atoms with E-state index < -0.39 is 0 Å². The topological polar surface area (TPSA) is 88.9 Å². The normalized spacial score (nSPS) is 10.6. The maximum absolute atomic E-state index is 11.9. The van der Waals surface area contributed by atoms with Gasteiger partial charge in [0.2, 0.25) is 5.91 Å². The van der Waals surface area contributed by atoms with Crippen LogP contribution in [0.15, 0.2) is 40.2 Å². The molecule has 0 spiro atoms. The van der Waals surface area contributed by atoms with Gasteiger partial charge in [0.1, 0.15) is 6.33 Å². The Morgan fingerprint density at radius 2 is 1.96 bits per heavy atom. The summed E-state index contributed by atoms with van der Waals surface area (Å²) >= 11 is 4.55. The van der Waals surface area contributed by atoms with Crippen molar-refractivity contribution in [3.05, 3.63) is 40.6 Å². The molecule has 1 heterocycles. The molecule has 0 fully saturated rings. The molecule has 0 aliphatic rings. The maximum atomic E-state index is 11.9. The van der Waals surface area contributed by atoms with Crippen LogP contribution < -0.4 is 10.9 Å². The monoisotopic (exact) mass is 397 g/mol. The van der Waals surface area contributed by atoms with Crippen molar-refractivity contribution >= 4 is 39.5 Å². The van der Waals surface area contributed by atoms with Crippen LogP contribution in [0.5, 0.6) is 0 Å².